The van der Waals surface area contributed by atoms with Crippen molar-refractivity contribution < 1.29 is 4.74 Å². The molecule has 2 N–H and O–H groups in total. The van der Waals surface area contributed by atoms with Crippen LogP contribution in [0.25, 0.3) is 0 Å². The van der Waals surface area contributed by atoms with Gasteiger partial charge in [0.05, 0.1) is 12.6 Å². The molecule has 0 spiro atoms. The summed E-state index contributed by atoms with van der Waals surface area (Å²) >= 11 is 6.04. The van der Waals surface area contributed by atoms with Gasteiger partial charge < -0.3 is 10.5 Å². The zero-order valence-corrected chi connectivity index (χ0v) is 16.7. The second kappa shape index (κ2) is 8.29. The fourth-order valence-electron chi connectivity index (χ4n) is 4.57. The Labute approximate surface area is 166 Å². The van der Waals surface area contributed by atoms with Gasteiger partial charge in [0.1, 0.15) is 5.82 Å². The predicted octanol–water partition coefficient (Wildman–Crippen LogP) is 4.25. The van der Waals surface area contributed by atoms with Crippen LogP contribution in [0.3, 0.4) is 0 Å². The number of rotatable bonds is 5. The van der Waals surface area contributed by atoms with Crippen molar-refractivity contribution in [3.05, 3.63) is 46.5 Å². The Morgan fingerprint density at radius 3 is 2.56 bits per heavy atom. The summed E-state index contributed by atoms with van der Waals surface area (Å²) in [6.07, 6.45) is 8.02. The molecule has 0 amide bonds. The number of benzene rings is 1. The Morgan fingerprint density at radius 2 is 1.85 bits per heavy atom. The van der Waals surface area contributed by atoms with Crippen LogP contribution in [0, 0.1) is 0 Å². The molecule has 2 saturated carbocycles. The zero-order valence-electron chi connectivity index (χ0n) is 16.0. The predicted molar refractivity (Wildman–Crippen MR) is 107 cm³/mol. The lowest BCUT2D eigenvalue weighted by Gasteiger charge is -2.32. The molecule has 0 bridgehead atoms. The Bertz CT molecular complexity index is 754. The van der Waals surface area contributed by atoms with E-state index < -0.39 is 0 Å². The molecule has 2 aliphatic rings. The minimum atomic E-state index is 0.0966. The van der Waals surface area contributed by atoms with Crippen LogP contribution in [0.5, 0.6) is 0 Å². The third-order valence-corrected chi connectivity index (χ3v) is 6.45. The maximum atomic E-state index is 6.23. The number of hydrogen-bond donors (Lipinski definition) is 1. The highest BCUT2D eigenvalue weighted by Crippen LogP contribution is 2.36. The molecule has 5 nitrogen and oxygen atoms in total. The number of hydrogen-bond acceptors (Lipinski definition) is 4. The fourth-order valence-corrected chi connectivity index (χ4v) is 4.69. The van der Waals surface area contributed by atoms with E-state index in [1.807, 2.05) is 12.1 Å². The average Bonchev–Trinajstić information content (AvgIpc) is 3.34. The highest BCUT2D eigenvalue weighted by atomic mass is 35.5. The number of halogens is 1. The van der Waals surface area contributed by atoms with Gasteiger partial charge in [-0.1, -0.05) is 36.6 Å². The lowest BCUT2D eigenvalue weighted by molar-refractivity contribution is 0.0456. The highest BCUT2D eigenvalue weighted by molar-refractivity contribution is 6.30. The minimum absolute atomic E-state index is 0.0966. The van der Waals surface area contributed by atoms with E-state index in [1.165, 1.54) is 31.2 Å². The third-order valence-electron chi connectivity index (χ3n) is 6.19. The first-order valence-electron chi connectivity index (χ1n) is 10.1. The van der Waals surface area contributed by atoms with Gasteiger partial charge in [0.25, 0.3) is 0 Å². The Morgan fingerprint density at radius 1 is 1.11 bits per heavy atom. The van der Waals surface area contributed by atoms with Gasteiger partial charge in [-0.2, -0.15) is 5.10 Å². The number of methoxy groups -OCH3 is 1. The molecule has 3 atom stereocenters. The zero-order chi connectivity index (χ0) is 18.8. The quantitative estimate of drug-likeness (QED) is 0.831. The molecule has 0 radical (unpaired) electrons. The SMILES string of the molecule is CO[C@@H]1C[C@@H](c2nc(C3CCCC3)nn2Cc2ccc(Cl)cc2)CC[C@H]1N. The van der Waals surface area contributed by atoms with Gasteiger partial charge in [-0.15, -0.1) is 0 Å². The summed E-state index contributed by atoms with van der Waals surface area (Å²) in [5.41, 5.74) is 7.42. The molecular weight excluding hydrogens is 360 g/mol. The third kappa shape index (κ3) is 4.20. The summed E-state index contributed by atoms with van der Waals surface area (Å²) in [6.45, 7) is 0.729. The molecule has 0 aliphatic heterocycles. The van der Waals surface area contributed by atoms with Crippen molar-refractivity contribution in [1.29, 1.82) is 0 Å². The van der Waals surface area contributed by atoms with Crippen LogP contribution in [0.15, 0.2) is 24.3 Å². The van der Waals surface area contributed by atoms with E-state index in [9.17, 15) is 0 Å². The minimum Gasteiger partial charge on any atom is -0.380 e. The number of nitrogens with two attached hydrogens (primary N) is 1. The molecule has 146 valence electrons. The molecule has 2 aromatic rings. The summed E-state index contributed by atoms with van der Waals surface area (Å²) in [4.78, 5) is 5.05. The smallest absolute Gasteiger partial charge is 0.154 e. The summed E-state index contributed by atoms with van der Waals surface area (Å²) < 4.78 is 7.75. The molecule has 6 heteroatoms. The molecule has 2 aliphatic carbocycles. The second-order valence-electron chi connectivity index (χ2n) is 8.04. The van der Waals surface area contributed by atoms with Crippen LogP contribution in [-0.4, -0.2) is 34.0 Å². The first kappa shape index (κ1) is 18.9. The summed E-state index contributed by atoms with van der Waals surface area (Å²) in [6, 6.07) is 8.13. The van der Waals surface area contributed by atoms with Crippen molar-refractivity contribution in [1.82, 2.24) is 14.8 Å². The van der Waals surface area contributed by atoms with Crippen molar-refractivity contribution in [2.24, 2.45) is 5.73 Å². The summed E-state index contributed by atoms with van der Waals surface area (Å²) in [7, 11) is 1.76. The van der Waals surface area contributed by atoms with Crippen molar-refractivity contribution in [2.45, 2.75) is 75.5 Å². The van der Waals surface area contributed by atoms with Crippen LogP contribution in [0.4, 0.5) is 0 Å². The molecular formula is C21H29ClN4O. The molecule has 4 rings (SSSR count). The number of aromatic nitrogens is 3. The first-order valence-corrected chi connectivity index (χ1v) is 10.5. The topological polar surface area (TPSA) is 66.0 Å². The molecule has 0 saturated heterocycles. The van der Waals surface area contributed by atoms with Gasteiger partial charge in [-0.25, -0.2) is 9.67 Å². The number of nitrogens with zero attached hydrogens (tertiary/aromatic N) is 3. The summed E-state index contributed by atoms with van der Waals surface area (Å²) in [5.74, 6) is 2.99. The van der Waals surface area contributed by atoms with Gasteiger partial charge >= 0.3 is 0 Å². The van der Waals surface area contributed by atoms with Gasteiger partial charge in [0, 0.05) is 30.0 Å². The van der Waals surface area contributed by atoms with E-state index in [2.05, 4.69) is 16.8 Å². The van der Waals surface area contributed by atoms with Crippen LogP contribution >= 0.6 is 11.6 Å². The largest absolute Gasteiger partial charge is 0.380 e. The maximum Gasteiger partial charge on any atom is 0.154 e. The molecule has 0 unspecified atom stereocenters. The molecule has 1 heterocycles. The van der Waals surface area contributed by atoms with Crippen LogP contribution in [-0.2, 0) is 11.3 Å². The maximum absolute atomic E-state index is 6.23. The lowest BCUT2D eigenvalue weighted by Crippen LogP contribution is -2.41. The van der Waals surface area contributed by atoms with E-state index in [0.717, 1.165) is 42.5 Å². The average molecular weight is 389 g/mol. The summed E-state index contributed by atoms with van der Waals surface area (Å²) in [5, 5.41) is 5.71. The van der Waals surface area contributed by atoms with Crippen molar-refractivity contribution in [3.8, 4) is 0 Å². The number of ether oxygens (including phenoxy) is 1. The monoisotopic (exact) mass is 388 g/mol. The van der Waals surface area contributed by atoms with Gasteiger partial charge in [-0.3, -0.25) is 0 Å². The molecule has 27 heavy (non-hydrogen) atoms. The lowest BCUT2D eigenvalue weighted by atomic mass is 9.83. The van der Waals surface area contributed by atoms with Crippen molar-refractivity contribution in [2.75, 3.05) is 7.11 Å². The van der Waals surface area contributed by atoms with E-state index in [0.29, 0.717) is 11.8 Å². The van der Waals surface area contributed by atoms with E-state index in [4.69, 9.17) is 32.2 Å². The first-order chi connectivity index (χ1) is 13.1. The Kier molecular flexibility index (Phi) is 5.81. The van der Waals surface area contributed by atoms with Gasteiger partial charge in [0.15, 0.2) is 5.82 Å². The van der Waals surface area contributed by atoms with Crippen molar-refractivity contribution >= 4 is 11.6 Å². The Hall–Kier alpha value is -1.43. The van der Waals surface area contributed by atoms with E-state index >= 15 is 0 Å². The Balaban J connectivity index is 1.62. The molecule has 2 fully saturated rings. The second-order valence-corrected chi connectivity index (χ2v) is 8.48. The van der Waals surface area contributed by atoms with Gasteiger partial charge in [0.2, 0.25) is 0 Å². The van der Waals surface area contributed by atoms with Crippen LogP contribution in [0.1, 0.15) is 74.0 Å². The molecule has 1 aromatic carbocycles. The van der Waals surface area contributed by atoms with Gasteiger partial charge in [-0.05, 0) is 49.8 Å². The fraction of sp³-hybridized carbons (Fsp3) is 0.619. The van der Waals surface area contributed by atoms with E-state index in [1.54, 1.807) is 7.11 Å². The van der Waals surface area contributed by atoms with Crippen LogP contribution < -0.4 is 5.73 Å². The highest BCUT2D eigenvalue weighted by Gasteiger charge is 2.33. The van der Waals surface area contributed by atoms with Crippen molar-refractivity contribution in [3.63, 3.8) is 0 Å². The van der Waals surface area contributed by atoms with Crippen LogP contribution in [0.2, 0.25) is 5.02 Å². The normalized spacial score (nSPS) is 26.6. The van der Waals surface area contributed by atoms with E-state index in [-0.39, 0.29) is 12.1 Å². The standard InChI is InChI=1S/C21H29ClN4O/c1-27-19-12-16(8-11-18(19)23)21-24-20(15-4-2-3-5-15)25-26(21)13-14-6-9-17(22)10-7-14/h6-7,9-10,15-16,18-19H,2-5,8,11-13,23H2,1H3/t16-,18+,19+/m0/s1. The molecule has 1 aromatic heterocycles.